The van der Waals surface area contributed by atoms with Gasteiger partial charge in [-0.3, -0.25) is 0 Å². The van der Waals surface area contributed by atoms with Crippen molar-refractivity contribution in [1.29, 1.82) is 0 Å². The molecular formula is C15H16N6. The van der Waals surface area contributed by atoms with Crippen molar-refractivity contribution in [1.82, 2.24) is 24.7 Å². The first-order valence-electron chi connectivity index (χ1n) is 6.83. The molecule has 0 aliphatic rings. The van der Waals surface area contributed by atoms with Gasteiger partial charge in [0.25, 0.3) is 5.95 Å². The molecule has 3 aromatic rings. The lowest BCUT2D eigenvalue weighted by Crippen LogP contribution is -2.08. The second-order valence-electron chi connectivity index (χ2n) is 4.53. The molecule has 1 aromatic carbocycles. The Hall–Kier alpha value is -2.76. The van der Waals surface area contributed by atoms with Gasteiger partial charge in [-0.15, -0.1) is 0 Å². The van der Waals surface area contributed by atoms with Crippen molar-refractivity contribution in [2.75, 3.05) is 12.4 Å². The fourth-order valence-electron chi connectivity index (χ4n) is 1.98. The maximum Gasteiger partial charge on any atom is 0.255 e. The monoisotopic (exact) mass is 280 g/mol. The van der Waals surface area contributed by atoms with Crippen LogP contribution in [0, 0.1) is 0 Å². The molecule has 0 amide bonds. The Labute approximate surface area is 122 Å². The van der Waals surface area contributed by atoms with E-state index in [-0.39, 0.29) is 0 Å². The predicted molar refractivity (Wildman–Crippen MR) is 81.3 cm³/mol. The van der Waals surface area contributed by atoms with Gasteiger partial charge in [-0.05, 0) is 18.1 Å². The van der Waals surface area contributed by atoms with E-state index >= 15 is 0 Å². The van der Waals surface area contributed by atoms with E-state index in [0.29, 0.717) is 17.7 Å². The van der Waals surface area contributed by atoms with E-state index in [2.05, 4.69) is 44.4 Å². The summed E-state index contributed by atoms with van der Waals surface area (Å²) in [4.78, 5) is 13.2. The molecule has 6 heteroatoms. The third-order valence-electron chi connectivity index (χ3n) is 3.18. The van der Waals surface area contributed by atoms with Crippen LogP contribution in [0.4, 0.5) is 5.95 Å². The van der Waals surface area contributed by atoms with Crippen molar-refractivity contribution in [2.45, 2.75) is 13.3 Å². The van der Waals surface area contributed by atoms with Gasteiger partial charge in [0.15, 0.2) is 5.82 Å². The molecule has 0 saturated heterocycles. The van der Waals surface area contributed by atoms with Gasteiger partial charge >= 0.3 is 0 Å². The fourth-order valence-corrected chi connectivity index (χ4v) is 1.98. The predicted octanol–water partition coefficient (Wildman–Crippen LogP) is 2.33. The number of anilines is 1. The molecule has 6 nitrogen and oxygen atoms in total. The second kappa shape index (κ2) is 5.70. The molecule has 0 spiro atoms. The van der Waals surface area contributed by atoms with Crippen LogP contribution in [0.5, 0.6) is 0 Å². The van der Waals surface area contributed by atoms with Crippen LogP contribution in [-0.4, -0.2) is 31.8 Å². The Kier molecular flexibility index (Phi) is 3.59. The van der Waals surface area contributed by atoms with Crippen LogP contribution >= 0.6 is 0 Å². The molecule has 0 radical (unpaired) electrons. The average Bonchev–Trinajstić information content (AvgIpc) is 3.09. The molecule has 0 fully saturated rings. The average molecular weight is 280 g/mol. The standard InChI is InChI=1S/C15H16N6/c1-3-11-5-7-12(8-6-11)13-18-14(16-2)20-15(19-13)21-10-4-9-17-21/h4-10H,3H2,1-2H3,(H,16,18,19,20). The zero-order chi connectivity index (χ0) is 14.7. The normalized spacial score (nSPS) is 10.6. The van der Waals surface area contributed by atoms with Gasteiger partial charge in [0.05, 0.1) is 0 Å². The SMILES string of the molecule is CCc1ccc(-c2nc(NC)nc(-n3cccn3)n2)cc1. The highest BCUT2D eigenvalue weighted by atomic mass is 15.4. The molecule has 21 heavy (non-hydrogen) atoms. The summed E-state index contributed by atoms with van der Waals surface area (Å²) >= 11 is 0. The summed E-state index contributed by atoms with van der Waals surface area (Å²) in [5, 5.41) is 7.12. The molecule has 0 bridgehead atoms. The molecule has 0 aliphatic carbocycles. The number of rotatable bonds is 4. The second-order valence-corrected chi connectivity index (χ2v) is 4.53. The fraction of sp³-hybridized carbons (Fsp3) is 0.200. The van der Waals surface area contributed by atoms with E-state index < -0.39 is 0 Å². The molecule has 0 aliphatic heterocycles. The minimum absolute atomic E-state index is 0.494. The van der Waals surface area contributed by atoms with Crippen molar-refractivity contribution >= 4 is 5.95 Å². The van der Waals surface area contributed by atoms with Crippen molar-refractivity contribution in [3.63, 3.8) is 0 Å². The lowest BCUT2D eigenvalue weighted by Gasteiger charge is -2.07. The number of hydrogen-bond donors (Lipinski definition) is 1. The van der Waals surface area contributed by atoms with E-state index in [4.69, 9.17) is 0 Å². The van der Waals surface area contributed by atoms with Gasteiger partial charge in [0, 0.05) is 25.0 Å². The summed E-state index contributed by atoms with van der Waals surface area (Å²) < 4.78 is 1.62. The zero-order valence-corrected chi connectivity index (χ0v) is 12.0. The van der Waals surface area contributed by atoms with Gasteiger partial charge in [-0.2, -0.15) is 20.1 Å². The smallest absolute Gasteiger partial charge is 0.255 e. The summed E-state index contributed by atoms with van der Waals surface area (Å²) in [5.74, 6) is 1.64. The van der Waals surface area contributed by atoms with E-state index in [1.807, 2.05) is 18.2 Å². The molecule has 2 heterocycles. The third-order valence-corrected chi connectivity index (χ3v) is 3.18. The number of aromatic nitrogens is 5. The van der Waals surface area contributed by atoms with Gasteiger partial charge < -0.3 is 5.32 Å². The van der Waals surface area contributed by atoms with Crippen LogP contribution < -0.4 is 5.32 Å². The Bertz CT molecular complexity index is 718. The van der Waals surface area contributed by atoms with Crippen LogP contribution in [0.3, 0.4) is 0 Å². The zero-order valence-electron chi connectivity index (χ0n) is 12.0. The first kappa shape index (κ1) is 13.2. The highest BCUT2D eigenvalue weighted by Crippen LogP contribution is 2.18. The topological polar surface area (TPSA) is 68.5 Å². The number of nitrogens with one attached hydrogen (secondary N) is 1. The lowest BCUT2D eigenvalue weighted by atomic mass is 10.1. The van der Waals surface area contributed by atoms with Crippen LogP contribution in [0.15, 0.2) is 42.7 Å². The molecule has 106 valence electrons. The van der Waals surface area contributed by atoms with Crippen molar-refractivity contribution in [3.05, 3.63) is 48.3 Å². The summed E-state index contributed by atoms with van der Waals surface area (Å²) in [6.45, 7) is 2.13. The van der Waals surface area contributed by atoms with Crippen LogP contribution in [0.2, 0.25) is 0 Å². The molecule has 2 aromatic heterocycles. The quantitative estimate of drug-likeness (QED) is 0.794. The van der Waals surface area contributed by atoms with Crippen LogP contribution in [0.1, 0.15) is 12.5 Å². The van der Waals surface area contributed by atoms with E-state index in [0.717, 1.165) is 12.0 Å². The molecule has 0 unspecified atom stereocenters. The molecule has 1 N–H and O–H groups in total. The Balaban J connectivity index is 2.06. The van der Waals surface area contributed by atoms with E-state index in [9.17, 15) is 0 Å². The molecule has 0 atom stereocenters. The summed E-state index contributed by atoms with van der Waals surface area (Å²) in [6.07, 6.45) is 4.51. The first-order chi connectivity index (χ1) is 10.3. The van der Waals surface area contributed by atoms with Crippen molar-refractivity contribution in [3.8, 4) is 17.3 Å². The highest BCUT2D eigenvalue weighted by Gasteiger charge is 2.09. The van der Waals surface area contributed by atoms with E-state index in [1.165, 1.54) is 5.56 Å². The lowest BCUT2D eigenvalue weighted by molar-refractivity contribution is 0.800. The summed E-state index contributed by atoms with van der Waals surface area (Å²) in [6, 6.07) is 10.1. The number of hydrogen-bond acceptors (Lipinski definition) is 5. The largest absolute Gasteiger partial charge is 0.357 e. The maximum absolute atomic E-state index is 4.49. The van der Waals surface area contributed by atoms with Gasteiger partial charge in [-0.1, -0.05) is 31.2 Å². The minimum atomic E-state index is 0.494. The first-order valence-corrected chi connectivity index (χ1v) is 6.83. The molecule has 3 rings (SSSR count). The molecular weight excluding hydrogens is 264 g/mol. The van der Waals surface area contributed by atoms with Crippen molar-refractivity contribution < 1.29 is 0 Å². The number of aryl methyl sites for hydroxylation is 1. The minimum Gasteiger partial charge on any atom is -0.357 e. The van der Waals surface area contributed by atoms with Gasteiger partial charge in [-0.25, -0.2) is 4.68 Å². The van der Waals surface area contributed by atoms with Crippen LogP contribution in [0.25, 0.3) is 17.3 Å². The Morgan fingerprint density at radius 2 is 1.90 bits per heavy atom. The molecule has 0 saturated carbocycles. The van der Waals surface area contributed by atoms with Crippen LogP contribution in [-0.2, 0) is 6.42 Å². The number of benzene rings is 1. The van der Waals surface area contributed by atoms with Gasteiger partial charge in [0.2, 0.25) is 5.95 Å². The summed E-state index contributed by atoms with van der Waals surface area (Å²) in [5.41, 5.74) is 2.24. The van der Waals surface area contributed by atoms with Crippen molar-refractivity contribution in [2.24, 2.45) is 0 Å². The third kappa shape index (κ3) is 2.74. The highest BCUT2D eigenvalue weighted by molar-refractivity contribution is 5.57. The maximum atomic E-state index is 4.49. The summed E-state index contributed by atoms with van der Waals surface area (Å²) in [7, 11) is 1.78. The Morgan fingerprint density at radius 1 is 1.10 bits per heavy atom. The Morgan fingerprint density at radius 3 is 2.52 bits per heavy atom. The van der Waals surface area contributed by atoms with E-state index in [1.54, 1.807) is 24.1 Å². The number of nitrogens with zero attached hydrogens (tertiary/aromatic N) is 5. The van der Waals surface area contributed by atoms with Gasteiger partial charge in [0.1, 0.15) is 0 Å².